The van der Waals surface area contributed by atoms with Crippen LogP contribution >= 0.6 is 22.9 Å². The van der Waals surface area contributed by atoms with Crippen LogP contribution in [0.15, 0.2) is 48.7 Å². The van der Waals surface area contributed by atoms with Gasteiger partial charge in [-0.25, -0.2) is 9.50 Å². The van der Waals surface area contributed by atoms with E-state index in [0.717, 1.165) is 57.7 Å². The Morgan fingerprint density at radius 1 is 1.24 bits per heavy atom. The van der Waals surface area contributed by atoms with Crippen molar-refractivity contribution in [2.75, 3.05) is 30.4 Å². The summed E-state index contributed by atoms with van der Waals surface area (Å²) in [4.78, 5) is 20.7. The predicted molar refractivity (Wildman–Crippen MR) is 133 cm³/mol. The van der Waals surface area contributed by atoms with Crippen molar-refractivity contribution in [1.29, 1.82) is 0 Å². The number of piperidine rings is 1. The van der Waals surface area contributed by atoms with E-state index < -0.39 is 0 Å². The van der Waals surface area contributed by atoms with Crippen LogP contribution < -0.4 is 15.0 Å². The molecule has 3 heterocycles. The van der Waals surface area contributed by atoms with E-state index in [0.29, 0.717) is 11.6 Å². The molecule has 4 aromatic rings. The van der Waals surface area contributed by atoms with Crippen LogP contribution in [0.3, 0.4) is 0 Å². The predicted octanol–water partition coefficient (Wildman–Crippen LogP) is 5.28. The molecule has 33 heavy (non-hydrogen) atoms. The number of imidazole rings is 1. The minimum absolute atomic E-state index is 0.0215. The van der Waals surface area contributed by atoms with E-state index in [1.807, 2.05) is 60.1 Å². The number of hydrogen-bond acceptors (Lipinski definition) is 6. The quantitative estimate of drug-likeness (QED) is 0.419. The molecule has 1 aliphatic heterocycles. The average molecular weight is 482 g/mol. The molecule has 0 unspecified atom stereocenters. The maximum absolute atomic E-state index is 13.0. The van der Waals surface area contributed by atoms with Gasteiger partial charge in [0.2, 0.25) is 16.0 Å². The number of carbonyl (C=O) groups excluding carboxylic acids is 1. The highest BCUT2D eigenvalue weighted by molar-refractivity contribution is 7.20. The lowest BCUT2D eigenvalue weighted by Crippen LogP contribution is -2.40. The van der Waals surface area contributed by atoms with Gasteiger partial charge in [-0.2, -0.15) is 0 Å². The fourth-order valence-corrected chi connectivity index (χ4v) is 5.15. The molecule has 0 aliphatic carbocycles. The molecule has 1 atom stereocenters. The van der Waals surface area contributed by atoms with Crippen LogP contribution in [-0.4, -0.2) is 40.7 Å². The molecule has 0 bridgehead atoms. The van der Waals surface area contributed by atoms with E-state index in [-0.39, 0.29) is 11.8 Å². The van der Waals surface area contributed by atoms with Gasteiger partial charge in [0.05, 0.1) is 24.9 Å². The van der Waals surface area contributed by atoms with Crippen molar-refractivity contribution in [2.24, 2.45) is 5.92 Å². The lowest BCUT2D eigenvalue weighted by molar-refractivity contribution is -0.120. The number of ether oxygens (including phenoxy) is 1. The number of carbonyl (C=O) groups is 1. The topological polar surface area (TPSA) is 71.8 Å². The zero-order chi connectivity index (χ0) is 22.9. The van der Waals surface area contributed by atoms with Gasteiger partial charge in [-0.1, -0.05) is 29.0 Å². The molecule has 1 fully saturated rings. The van der Waals surface area contributed by atoms with E-state index in [9.17, 15) is 4.79 Å². The first-order valence-electron chi connectivity index (χ1n) is 10.8. The molecule has 5 rings (SSSR count). The minimum Gasteiger partial charge on any atom is -0.497 e. The smallest absolute Gasteiger partial charge is 0.229 e. The summed E-state index contributed by atoms with van der Waals surface area (Å²) < 4.78 is 7.04. The summed E-state index contributed by atoms with van der Waals surface area (Å²) in [5, 5.41) is 9.33. The molecular formula is C24H24ClN5O2S. The highest BCUT2D eigenvalue weighted by Gasteiger charge is 2.28. The highest BCUT2D eigenvalue weighted by Crippen LogP contribution is 2.31. The minimum atomic E-state index is -0.108. The molecule has 9 heteroatoms. The van der Waals surface area contributed by atoms with Crippen LogP contribution in [0.25, 0.3) is 16.2 Å². The first-order valence-corrected chi connectivity index (χ1v) is 12.0. The zero-order valence-electron chi connectivity index (χ0n) is 18.4. The second-order valence-corrected chi connectivity index (χ2v) is 9.49. The summed E-state index contributed by atoms with van der Waals surface area (Å²) in [6, 6.07) is 13.4. The normalized spacial score (nSPS) is 16.2. The van der Waals surface area contributed by atoms with E-state index in [4.69, 9.17) is 26.4 Å². The van der Waals surface area contributed by atoms with Crippen molar-refractivity contribution in [3.63, 3.8) is 0 Å². The maximum atomic E-state index is 13.0. The Morgan fingerprint density at radius 3 is 2.82 bits per heavy atom. The molecule has 2 aromatic heterocycles. The van der Waals surface area contributed by atoms with Crippen molar-refractivity contribution < 1.29 is 9.53 Å². The van der Waals surface area contributed by atoms with Crippen molar-refractivity contribution in [3.8, 4) is 17.0 Å². The molecule has 0 spiro atoms. The number of benzene rings is 2. The Bertz CT molecular complexity index is 1270. The van der Waals surface area contributed by atoms with Crippen molar-refractivity contribution >= 4 is 44.6 Å². The second-order valence-electron chi connectivity index (χ2n) is 8.15. The van der Waals surface area contributed by atoms with Crippen LogP contribution in [-0.2, 0) is 4.79 Å². The summed E-state index contributed by atoms with van der Waals surface area (Å²) in [5.41, 5.74) is 3.54. The maximum Gasteiger partial charge on any atom is 0.229 e. The Kier molecular flexibility index (Phi) is 5.95. The van der Waals surface area contributed by atoms with Gasteiger partial charge in [0.25, 0.3) is 0 Å². The fraction of sp³-hybridized carbons (Fsp3) is 0.292. The average Bonchev–Trinajstić information content (AvgIpc) is 3.42. The zero-order valence-corrected chi connectivity index (χ0v) is 20.0. The van der Waals surface area contributed by atoms with E-state index in [1.54, 1.807) is 18.4 Å². The lowest BCUT2D eigenvalue weighted by atomic mass is 9.97. The molecule has 0 saturated carbocycles. The number of methoxy groups -OCH3 is 1. The molecule has 0 radical (unpaired) electrons. The first kappa shape index (κ1) is 21.7. The molecule has 2 aromatic carbocycles. The van der Waals surface area contributed by atoms with Gasteiger partial charge in [-0.15, -0.1) is 5.10 Å². The van der Waals surface area contributed by atoms with E-state index in [2.05, 4.69) is 10.2 Å². The lowest BCUT2D eigenvalue weighted by Gasteiger charge is -2.31. The molecule has 1 saturated heterocycles. The largest absolute Gasteiger partial charge is 0.497 e. The van der Waals surface area contributed by atoms with Gasteiger partial charge in [0.15, 0.2) is 0 Å². The third-order valence-electron chi connectivity index (χ3n) is 6.01. The summed E-state index contributed by atoms with van der Waals surface area (Å²) in [6.07, 6.45) is 3.73. The van der Waals surface area contributed by atoms with Crippen LogP contribution in [0.5, 0.6) is 5.75 Å². The van der Waals surface area contributed by atoms with E-state index >= 15 is 0 Å². The first-order chi connectivity index (χ1) is 16.0. The Labute approximate surface area is 201 Å². The number of rotatable bonds is 5. The van der Waals surface area contributed by atoms with Crippen LogP contribution in [0.2, 0.25) is 5.02 Å². The molecule has 170 valence electrons. The number of halogens is 1. The molecule has 1 amide bonds. The Balaban J connectivity index is 1.29. The number of nitrogens with one attached hydrogen (secondary N) is 1. The second kappa shape index (κ2) is 9.03. The van der Waals surface area contributed by atoms with Gasteiger partial charge in [-0.3, -0.25) is 4.79 Å². The molecular weight excluding hydrogens is 458 g/mol. The Hall–Kier alpha value is -3.10. The van der Waals surface area contributed by atoms with Crippen molar-refractivity contribution in [2.45, 2.75) is 19.8 Å². The van der Waals surface area contributed by atoms with Crippen molar-refractivity contribution in [1.82, 2.24) is 14.6 Å². The van der Waals surface area contributed by atoms with Crippen LogP contribution in [0, 0.1) is 12.8 Å². The number of anilines is 2. The van der Waals surface area contributed by atoms with Gasteiger partial charge in [0, 0.05) is 29.4 Å². The van der Waals surface area contributed by atoms with Crippen LogP contribution in [0.4, 0.5) is 10.8 Å². The summed E-state index contributed by atoms with van der Waals surface area (Å²) in [5.74, 6) is 0.728. The van der Waals surface area contributed by atoms with Gasteiger partial charge in [-0.05, 0) is 61.7 Å². The summed E-state index contributed by atoms with van der Waals surface area (Å²) in [7, 11) is 1.65. The fourth-order valence-electron chi connectivity index (χ4n) is 4.06. The van der Waals surface area contributed by atoms with Gasteiger partial charge < -0.3 is 15.0 Å². The summed E-state index contributed by atoms with van der Waals surface area (Å²) in [6.45, 7) is 3.42. The standard InChI is InChI=1S/C24H24ClN5O2S/c1-15-19(25)6-3-7-20(15)26-22(31)17-5-4-12-29(13-17)24-28-30-14-21(27-23(30)33-24)16-8-10-18(32-2)11-9-16/h3,6-11,14,17H,4-5,12-13H2,1-2H3,(H,26,31)/t17-/m0/s1. The number of fused-ring (bicyclic) bond motifs is 1. The Morgan fingerprint density at radius 2 is 2.06 bits per heavy atom. The molecule has 1 aliphatic rings. The van der Waals surface area contributed by atoms with E-state index in [1.165, 1.54) is 0 Å². The highest BCUT2D eigenvalue weighted by atomic mass is 35.5. The number of aromatic nitrogens is 3. The summed E-state index contributed by atoms with van der Waals surface area (Å²) >= 11 is 7.74. The van der Waals surface area contributed by atoms with Gasteiger partial charge >= 0.3 is 0 Å². The van der Waals surface area contributed by atoms with Crippen LogP contribution in [0.1, 0.15) is 18.4 Å². The molecule has 1 N–H and O–H groups in total. The SMILES string of the molecule is COc1ccc(-c2cn3nc(N4CCC[C@H](C(=O)Nc5cccc(Cl)c5C)C4)sc3n2)cc1. The molecule has 7 nitrogen and oxygen atoms in total. The van der Waals surface area contributed by atoms with Gasteiger partial charge in [0.1, 0.15) is 5.75 Å². The number of nitrogens with zero attached hydrogens (tertiary/aromatic N) is 4. The third-order valence-corrected chi connectivity index (χ3v) is 7.40. The number of hydrogen-bond donors (Lipinski definition) is 1. The van der Waals surface area contributed by atoms with Crippen molar-refractivity contribution in [3.05, 3.63) is 59.2 Å². The number of amides is 1. The third kappa shape index (κ3) is 4.41. The monoisotopic (exact) mass is 481 g/mol.